The number of hydrogen-bond donors (Lipinski definition) is 1. The maximum Gasteiger partial charge on any atom is 0.163 e. The molecule has 2 aliphatic heterocycles. The first-order valence-corrected chi connectivity index (χ1v) is 4.40. The van der Waals surface area contributed by atoms with E-state index in [0.717, 1.165) is 0 Å². The lowest BCUT2D eigenvalue weighted by Gasteiger charge is -2.22. The first-order valence-electron chi connectivity index (χ1n) is 4.40. The van der Waals surface area contributed by atoms with Crippen molar-refractivity contribution in [3.05, 3.63) is 12.3 Å². The number of rotatable bonds is 1. The van der Waals surface area contributed by atoms with Crippen molar-refractivity contribution >= 4 is 0 Å². The van der Waals surface area contributed by atoms with E-state index in [1.54, 1.807) is 6.08 Å². The van der Waals surface area contributed by atoms with E-state index in [9.17, 15) is 5.11 Å². The first-order chi connectivity index (χ1) is 6.08. The van der Waals surface area contributed by atoms with E-state index in [1.165, 1.54) is 6.26 Å². The molecule has 0 aliphatic carbocycles. The summed E-state index contributed by atoms with van der Waals surface area (Å²) in [5.74, 6) is -0.559. The molecule has 4 heteroatoms. The zero-order valence-electron chi connectivity index (χ0n) is 7.77. The van der Waals surface area contributed by atoms with Crippen LogP contribution in [0.2, 0.25) is 0 Å². The fourth-order valence-electron chi connectivity index (χ4n) is 1.59. The van der Waals surface area contributed by atoms with Gasteiger partial charge in [0.25, 0.3) is 0 Å². The van der Waals surface area contributed by atoms with E-state index in [-0.39, 0.29) is 12.2 Å². The van der Waals surface area contributed by atoms with Crippen LogP contribution in [0.1, 0.15) is 13.8 Å². The van der Waals surface area contributed by atoms with Gasteiger partial charge in [-0.05, 0) is 19.9 Å². The van der Waals surface area contributed by atoms with Crippen molar-refractivity contribution in [3.63, 3.8) is 0 Å². The average molecular weight is 186 g/mol. The topological polar surface area (TPSA) is 47.9 Å². The van der Waals surface area contributed by atoms with Gasteiger partial charge in [0, 0.05) is 0 Å². The lowest BCUT2D eigenvalue weighted by atomic mass is 10.1. The Balaban J connectivity index is 1.97. The number of aliphatic hydroxyl groups is 1. The normalized spacial score (nSPS) is 42.2. The summed E-state index contributed by atoms with van der Waals surface area (Å²) < 4.78 is 16.1. The second-order valence-corrected chi connectivity index (χ2v) is 3.79. The molecule has 74 valence electrons. The summed E-state index contributed by atoms with van der Waals surface area (Å²) in [6.45, 7) is 4.17. The third kappa shape index (κ3) is 1.70. The minimum atomic E-state index is -0.581. The highest BCUT2D eigenvalue weighted by Crippen LogP contribution is 2.28. The van der Waals surface area contributed by atoms with Crippen LogP contribution in [-0.2, 0) is 14.2 Å². The number of ether oxygens (including phenoxy) is 3. The number of hydrogen-bond acceptors (Lipinski definition) is 4. The highest BCUT2D eigenvalue weighted by Gasteiger charge is 2.41. The Morgan fingerprint density at radius 2 is 2.23 bits per heavy atom. The van der Waals surface area contributed by atoms with E-state index in [0.29, 0.717) is 6.61 Å². The molecule has 0 amide bonds. The molecule has 2 rings (SSSR count). The minimum absolute atomic E-state index is 0.181. The molecule has 0 aromatic heterocycles. The maximum absolute atomic E-state index is 9.47. The predicted octanol–water partition coefficient (Wildman–Crippen LogP) is 0.411. The molecule has 2 heterocycles. The molecule has 1 saturated heterocycles. The Bertz CT molecular complexity index is 224. The fourth-order valence-corrected chi connectivity index (χ4v) is 1.59. The molecule has 0 saturated carbocycles. The van der Waals surface area contributed by atoms with Crippen LogP contribution in [0.25, 0.3) is 0 Å². The standard InChI is InChI=1S/C9H14O4/c1-9(2)12-5-7(13-9)8-6(10)3-4-11-8/h3-4,6-8,10H,5H2,1-2H3/t6-,7-,8+/m1/s1. The van der Waals surface area contributed by atoms with Gasteiger partial charge in [-0.2, -0.15) is 0 Å². The third-order valence-electron chi connectivity index (χ3n) is 2.24. The van der Waals surface area contributed by atoms with Crippen molar-refractivity contribution in [1.29, 1.82) is 0 Å². The Morgan fingerprint density at radius 3 is 2.69 bits per heavy atom. The van der Waals surface area contributed by atoms with Gasteiger partial charge in [0.1, 0.15) is 12.2 Å². The SMILES string of the molecule is CC1(C)OC[C@H]([C@H]2OC=C[C@H]2O)O1. The lowest BCUT2D eigenvalue weighted by molar-refractivity contribution is -0.155. The second kappa shape index (κ2) is 2.97. The Labute approximate surface area is 77.1 Å². The molecule has 0 aromatic carbocycles. The van der Waals surface area contributed by atoms with Gasteiger partial charge >= 0.3 is 0 Å². The van der Waals surface area contributed by atoms with Crippen molar-refractivity contribution in [2.24, 2.45) is 0 Å². The van der Waals surface area contributed by atoms with Crippen LogP contribution in [0.5, 0.6) is 0 Å². The van der Waals surface area contributed by atoms with Crippen molar-refractivity contribution in [2.75, 3.05) is 6.61 Å². The molecule has 2 aliphatic rings. The van der Waals surface area contributed by atoms with Crippen LogP contribution >= 0.6 is 0 Å². The highest BCUT2D eigenvalue weighted by atomic mass is 16.7. The van der Waals surface area contributed by atoms with Crippen LogP contribution in [-0.4, -0.2) is 35.8 Å². The van der Waals surface area contributed by atoms with Crippen molar-refractivity contribution in [2.45, 2.75) is 37.9 Å². The summed E-state index contributed by atoms with van der Waals surface area (Å²) in [6, 6.07) is 0. The maximum atomic E-state index is 9.47. The molecule has 4 nitrogen and oxygen atoms in total. The van der Waals surface area contributed by atoms with Gasteiger partial charge < -0.3 is 19.3 Å². The molecular weight excluding hydrogens is 172 g/mol. The van der Waals surface area contributed by atoms with E-state index in [4.69, 9.17) is 14.2 Å². The van der Waals surface area contributed by atoms with Gasteiger partial charge in [-0.25, -0.2) is 0 Å². The molecular formula is C9H14O4. The molecule has 0 aromatic rings. The molecule has 0 radical (unpaired) electrons. The van der Waals surface area contributed by atoms with Crippen molar-refractivity contribution < 1.29 is 19.3 Å². The fraction of sp³-hybridized carbons (Fsp3) is 0.778. The zero-order chi connectivity index (χ0) is 9.47. The summed E-state index contributed by atoms with van der Waals surface area (Å²) in [5, 5.41) is 9.47. The van der Waals surface area contributed by atoms with Crippen molar-refractivity contribution in [1.82, 2.24) is 0 Å². The summed E-state index contributed by atoms with van der Waals surface area (Å²) in [6.07, 6.45) is 2.04. The molecule has 1 fully saturated rings. The molecule has 0 unspecified atom stereocenters. The Kier molecular flexibility index (Phi) is 2.06. The molecule has 0 bridgehead atoms. The van der Waals surface area contributed by atoms with Crippen LogP contribution in [0, 0.1) is 0 Å². The quantitative estimate of drug-likeness (QED) is 0.644. The summed E-state index contributed by atoms with van der Waals surface area (Å²) in [5.41, 5.74) is 0. The van der Waals surface area contributed by atoms with Crippen LogP contribution < -0.4 is 0 Å². The van der Waals surface area contributed by atoms with Gasteiger partial charge in [-0.1, -0.05) is 0 Å². The summed E-state index contributed by atoms with van der Waals surface area (Å²) in [7, 11) is 0. The van der Waals surface area contributed by atoms with Gasteiger partial charge in [0.05, 0.1) is 12.9 Å². The van der Waals surface area contributed by atoms with Gasteiger partial charge in [0.2, 0.25) is 0 Å². The largest absolute Gasteiger partial charge is 0.492 e. The van der Waals surface area contributed by atoms with Crippen LogP contribution in [0.15, 0.2) is 12.3 Å². The molecule has 1 N–H and O–H groups in total. The van der Waals surface area contributed by atoms with Gasteiger partial charge in [-0.15, -0.1) is 0 Å². The Hall–Kier alpha value is -0.580. The van der Waals surface area contributed by atoms with E-state index >= 15 is 0 Å². The summed E-state index contributed by atoms with van der Waals surface area (Å²) in [4.78, 5) is 0. The van der Waals surface area contributed by atoms with E-state index < -0.39 is 11.9 Å². The zero-order valence-corrected chi connectivity index (χ0v) is 7.77. The monoisotopic (exact) mass is 186 g/mol. The predicted molar refractivity (Wildman–Crippen MR) is 44.9 cm³/mol. The Morgan fingerprint density at radius 1 is 1.46 bits per heavy atom. The van der Waals surface area contributed by atoms with Gasteiger partial charge in [-0.3, -0.25) is 0 Å². The van der Waals surface area contributed by atoms with Crippen LogP contribution in [0.3, 0.4) is 0 Å². The third-order valence-corrected chi connectivity index (χ3v) is 2.24. The molecule has 13 heavy (non-hydrogen) atoms. The van der Waals surface area contributed by atoms with E-state index in [2.05, 4.69) is 0 Å². The van der Waals surface area contributed by atoms with Crippen molar-refractivity contribution in [3.8, 4) is 0 Å². The van der Waals surface area contributed by atoms with E-state index in [1.807, 2.05) is 13.8 Å². The lowest BCUT2D eigenvalue weighted by Crippen LogP contribution is -2.37. The minimum Gasteiger partial charge on any atom is -0.492 e. The summed E-state index contributed by atoms with van der Waals surface area (Å²) >= 11 is 0. The second-order valence-electron chi connectivity index (χ2n) is 3.79. The van der Waals surface area contributed by atoms with Gasteiger partial charge in [0.15, 0.2) is 11.9 Å². The molecule has 3 atom stereocenters. The smallest absolute Gasteiger partial charge is 0.163 e. The number of aliphatic hydroxyl groups excluding tert-OH is 1. The first kappa shape index (κ1) is 8.99. The molecule has 0 spiro atoms. The average Bonchev–Trinajstić information content (AvgIpc) is 2.56. The highest BCUT2D eigenvalue weighted by molar-refractivity contribution is 5.00. The van der Waals surface area contributed by atoms with Crippen LogP contribution in [0.4, 0.5) is 0 Å².